The van der Waals surface area contributed by atoms with Crippen molar-refractivity contribution in [1.29, 1.82) is 5.26 Å². The average Bonchev–Trinajstić information content (AvgIpc) is 2.17. The second-order valence-electron chi connectivity index (χ2n) is 2.77. The monoisotopic (exact) mass is 225 g/mol. The molecule has 0 N–H and O–H groups in total. The van der Waals surface area contributed by atoms with Gasteiger partial charge in [0.15, 0.2) is 0 Å². The minimum absolute atomic E-state index is 0.572. The number of benzene rings is 1. The summed E-state index contributed by atoms with van der Waals surface area (Å²) in [4.78, 5) is 0. The Bertz CT molecular complexity index is 377. The van der Waals surface area contributed by atoms with E-state index in [-0.39, 0.29) is 0 Å². The van der Waals surface area contributed by atoms with E-state index in [2.05, 4.69) is 6.07 Å². The molecule has 0 bridgehead atoms. The second kappa shape index (κ2) is 5.70. The first-order valence-electron chi connectivity index (χ1n) is 4.19. The number of hydrogen-bond acceptors (Lipinski definition) is 1. The van der Waals surface area contributed by atoms with Gasteiger partial charge in [-0.3, -0.25) is 0 Å². The molecule has 1 rings (SSSR count). The van der Waals surface area contributed by atoms with Gasteiger partial charge in [0.1, 0.15) is 0 Å². The van der Waals surface area contributed by atoms with E-state index in [0.29, 0.717) is 16.5 Å². The Morgan fingerprint density at radius 2 is 2.14 bits per heavy atom. The third-order valence-electron chi connectivity index (χ3n) is 1.64. The van der Waals surface area contributed by atoms with E-state index >= 15 is 0 Å². The molecule has 0 aliphatic heterocycles. The third kappa shape index (κ3) is 3.41. The van der Waals surface area contributed by atoms with Crippen molar-refractivity contribution in [2.75, 3.05) is 5.88 Å². The van der Waals surface area contributed by atoms with Crippen molar-refractivity contribution in [2.24, 2.45) is 0 Å². The summed E-state index contributed by atoms with van der Waals surface area (Å²) in [6, 6.07) is 7.29. The highest BCUT2D eigenvalue weighted by Crippen LogP contribution is 2.15. The lowest BCUT2D eigenvalue weighted by Crippen LogP contribution is -1.78. The summed E-state index contributed by atoms with van der Waals surface area (Å²) in [5, 5.41) is 9.28. The van der Waals surface area contributed by atoms with Crippen LogP contribution in [0.1, 0.15) is 17.5 Å². The predicted octanol–water partition coefficient (Wildman–Crippen LogP) is 3.85. The van der Waals surface area contributed by atoms with Gasteiger partial charge < -0.3 is 0 Å². The maximum atomic E-state index is 8.70. The lowest BCUT2D eigenvalue weighted by atomic mass is 10.1. The lowest BCUT2D eigenvalue weighted by Gasteiger charge is -1.96. The molecule has 0 aliphatic carbocycles. The van der Waals surface area contributed by atoms with Gasteiger partial charge in [0.2, 0.25) is 0 Å². The van der Waals surface area contributed by atoms with Gasteiger partial charge in [-0.25, -0.2) is 0 Å². The Kier molecular flexibility index (Phi) is 4.52. The molecule has 3 heteroatoms. The number of nitriles is 1. The van der Waals surface area contributed by atoms with Crippen molar-refractivity contribution in [3.8, 4) is 6.07 Å². The summed E-state index contributed by atoms with van der Waals surface area (Å²) in [5.41, 5.74) is 1.50. The molecule has 1 aromatic rings. The van der Waals surface area contributed by atoms with E-state index in [0.717, 1.165) is 12.0 Å². The molecule has 0 saturated heterocycles. The minimum atomic E-state index is 0.572. The predicted molar refractivity (Wildman–Crippen MR) is 60.5 cm³/mol. The van der Waals surface area contributed by atoms with Gasteiger partial charge >= 0.3 is 0 Å². The van der Waals surface area contributed by atoms with Crippen LogP contribution < -0.4 is 0 Å². The molecule has 0 atom stereocenters. The van der Waals surface area contributed by atoms with Gasteiger partial charge in [0, 0.05) is 10.9 Å². The van der Waals surface area contributed by atoms with Gasteiger partial charge in [-0.1, -0.05) is 23.8 Å². The highest BCUT2D eigenvalue weighted by atomic mass is 35.5. The number of nitrogens with zero attached hydrogens (tertiary/aromatic N) is 1. The summed E-state index contributed by atoms with van der Waals surface area (Å²) in [7, 11) is 0. The molecule has 0 heterocycles. The molecular weight excluding hydrogens is 217 g/mol. The topological polar surface area (TPSA) is 23.8 Å². The fraction of sp³-hybridized carbons (Fsp3) is 0.182. The Labute approximate surface area is 93.6 Å². The van der Waals surface area contributed by atoms with Crippen LogP contribution in [0.3, 0.4) is 0 Å². The first-order valence-corrected chi connectivity index (χ1v) is 5.10. The van der Waals surface area contributed by atoms with Crippen LogP contribution in [-0.2, 0) is 0 Å². The summed E-state index contributed by atoms with van der Waals surface area (Å²) in [5.74, 6) is 0.599. The van der Waals surface area contributed by atoms with Gasteiger partial charge in [-0.05, 0) is 30.2 Å². The number of hydrogen-bond donors (Lipinski definition) is 0. The molecule has 0 spiro atoms. The van der Waals surface area contributed by atoms with Crippen molar-refractivity contribution >= 4 is 29.3 Å². The second-order valence-corrected chi connectivity index (χ2v) is 3.58. The van der Waals surface area contributed by atoms with Crippen LogP contribution in [0.5, 0.6) is 0 Å². The highest BCUT2D eigenvalue weighted by molar-refractivity contribution is 6.30. The van der Waals surface area contributed by atoms with E-state index in [9.17, 15) is 0 Å². The van der Waals surface area contributed by atoms with Crippen molar-refractivity contribution < 1.29 is 0 Å². The zero-order chi connectivity index (χ0) is 10.4. The molecule has 0 amide bonds. The van der Waals surface area contributed by atoms with E-state index in [1.165, 1.54) is 0 Å². The largest absolute Gasteiger partial charge is 0.192 e. The Balaban J connectivity index is 2.88. The first-order chi connectivity index (χ1) is 6.76. The van der Waals surface area contributed by atoms with Crippen LogP contribution in [0.4, 0.5) is 0 Å². The molecule has 72 valence electrons. The molecule has 1 aromatic carbocycles. The zero-order valence-electron chi connectivity index (χ0n) is 7.50. The van der Waals surface area contributed by atoms with E-state index in [1.54, 1.807) is 12.1 Å². The fourth-order valence-corrected chi connectivity index (χ4v) is 1.43. The highest BCUT2D eigenvalue weighted by Gasteiger charge is 1.95. The minimum Gasteiger partial charge on any atom is -0.192 e. The zero-order valence-corrected chi connectivity index (χ0v) is 9.02. The summed E-state index contributed by atoms with van der Waals surface area (Å²) >= 11 is 11.4. The van der Waals surface area contributed by atoms with Gasteiger partial charge in [0.05, 0.1) is 11.6 Å². The lowest BCUT2D eigenvalue weighted by molar-refractivity contribution is 1.24. The Morgan fingerprint density at radius 1 is 1.36 bits per heavy atom. The van der Waals surface area contributed by atoms with Gasteiger partial charge in [-0.15, -0.1) is 11.6 Å². The number of allylic oxidation sites excluding steroid dienone is 1. The molecule has 0 unspecified atom stereocenters. The maximum Gasteiger partial charge on any atom is 0.0992 e. The normalized spacial score (nSPS) is 10.4. The first kappa shape index (κ1) is 11.1. The van der Waals surface area contributed by atoms with Crippen LogP contribution in [-0.4, -0.2) is 5.88 Å². The molecule has 14 heavy (non-hydrogen) atoms. The molecule has 0 radical (unpaired) electrons. The SMILES string of the molecule is N#Cc1cc(Cl)cc(C=CCCCl)c1. The van der Waals surface area contributed by atoms with E-state index in [4.69, 9.17) is 28.5 Å². The Hall–Kier alpha value is -0.970. The van der Waals surface area contributed by atoms with Crippen molar-refractivity contribution in [2.45, 2.75) is 6.42 Å². The van der Waals surface area contributed by atoms with Crippen LogP contribution in [0.15, 0.2) is 24.3 Å². The number of halogens is 2. The quantitative estimate of drug-likeness (QED) is 0.718. The van der Waals surface area contributed by atoms with Crippen molar-refractivity contribution in [3.05, 3.63) is 40.4 Å². The molecule has 1 nitrogen and oxygen atoms in total. The molecule has 0 aliphatic rings. The summed E-state index contributed by atoms with van der Waals surface area (Å²) in [6.07, 6.45) is 4.69. The molecular formula is C11H9Cl2N. The molecule has 0 fully saturated rings. The van der Waals surface area contributed by atoms with Crippen molar-refractivity contribution in [1.82, 2.24) is 0 Å². The smallest absolute Gasteiger partial charge is 0.0992 e. The van der Waals surface area contributed by atoms with E-state index in [1.807, 2.05) is 18.2 Å². The summed E-state index contributed by atoms with van der Waals surface area (Å²) < 4.78 is 0. The number of rotatable bonds is 3. The van der Waals surface area contributed by atoms with Crippen LogP contribution in [0.25, 0.3) is 6.08 Å². The molecule has 0 saturated carbocycles. The van der Waals surface area contributed by atoms with Crippen LogP contribution in [0.2, 0.25) is 5.02 Å². The van der Waals surface area contributed by atoms with Gasteiger partial charge in [0.25, 0.3) is 0 Å². The van der Waals surface area contributed by atoms with Crippen molar-refractivity contribution in [3.63, 3.8) is 0 Å². The third-order valence-corrected chi connectivity index (χ3v) is 2.07. The fourth-order valence-electron chi connectivity index (χ4n) is 1.06. The number of alkyl halides is 1. The molecule has 0 aromatic heterocycles. The van der Waals surface area contributed by atoms with Crippen LogP contribution in [0, 0.1) is 11.3 Å². The average molecular weight is 226 g/mol. The van der Waals surface area contributed by atoms with E-state index < -0.39 is 0 Å². The summed E-state index contributed by atoms with van der Waals surface area (Å²) in [6.45, 7) is 0. The maximum absolute atomic E-state index is 8.70. The Morgan fingerprint density at radius 3 is 2.79 bits per heavy atom. The standard InChI is InChI=1S/C11H9Cl2N/c12-4-2-1-3-9-5-10(8-14)7-11(13)6-9/h1,3,5-7H,2,4H2. The van der Waals surface area contributed by atoms with Gasteiger partial charge in [-0.2, -0.15) is 5.26 Å². The van der Waals surface area contributed by atoms with Crippen LogP contribution >= 0.6 is 23.2 Å².